The highest BCUT2D eigenvalue weighted by Gasteiger charge is 2.38. The molecular weight excluding hydrogens is 972 g/mol. The van der Waals surface area contributed by atoms with E-state index in [1.165, 1.54) is 59.3 Å². The number of rotatable bonds is 32. The maximum absolute atomic E-state index is 16.2. The van der Waals surface area contributed by atoms with Crippen LogP contribution in [0.4, 0.5) is 4.39 Å². The number of carbonyl (C=O) groups excluding carboxylic acids is 5. The first-order valence-electron chi connectivity index (χ1n) is 26.4. The van der Waals surface area contributed by atoms with Gasteiger partial charge in [0.2, 0.25) is 0 Å². The molecule has 1 aliphatic carbocycles. The van der Waals surface area contributed by atoms with Crippen molar-refractivity contribution in [3.05, 3.63) is 137 Å². The van der Waals surface area contributed by atoms with Crippen LogP contribution in [0.25, 0.3) is 22.3 Å². The van der Waals surface area contributed by atoms with Gasteiger partial charge < -0.3 is 38.6 Å². The van der Waals surface area contributed by atoms with Gasteiger partial charge >= 0.3 is 29.8 Å². The van der Waals surface area contributed by atoms with Gasteiger partial charge in [-0.25, -0.2) is 28.4 Å². The Morgan fingerprint density at radius 1 is 0.579 bits per heavy atom. The second-order valence-electron chi connectivity index (χ2n) is 20.2. The number of aryl methyl sites for hydroxylation is 3. The fraction of sp³-hybridized carbons (Fsp3) is 0.468. The Kier molecular flexibility index (Phi) is 25.1. The van der Waals surface area contributed by atoms with Crippen LogP contribution in [0.1, 0.15) is 127 Å². The molecule has 4 rings (SSSR count). The highest BCUT2D eigenvalue weighted by Crippen LogP contribution is 2.41. The fourth-order valence-corrected chi connectivity index (χ4v) is 8.98. The predicted octanol–water partition coefficient (Wildman–Crippen LogP) is 11.3. The van der Waals surface area contributed by atoms with Gasteiger partial charge in [0.05, 0.1) is 37.6 Å². The lowest BCUT2D eigenvalue weighted by Crippen LogP contribution is -2.44. The molecule has 0 unspecified atom stereocenters. The Hall–Kier alpha value is -6.64. The van der Waals surface area contributed by atoms with Crippen LogP contribution in [0.3, 0.4) is 0 Å². The van der Waals surface area contributed by atoms with E-state index in [2.05, 4.69) is 45.9 Å². The molecule has 0 aliphatic heterocycles. The van der Waals surface area contributed by atoms with E-state index in [1.807, 2.05) is 43.3 Å². The van der Waals surface area contributed by atoms with Crippen molar-refractivity contribution < 1.29 is 67.0 Å². The van der Waals surface area contributed by atoms with Gasteiger partial charge in [0.15, 0.2) is 0 Å². The molecule has 0 heterocycles. The lowest BCUT2D eigenvalue weighted by molar-refractivity contribution is -0.159. The van der Waals surface area contributed by atoms with E-state index >= 15 is 4.39 Å². The van der Waals surface area contributed by atoms with E-state index in [9.17, 15) is 34.2 Å². The van der Waals surface area contributed by atoms with Gasteiger partial charge in [0, 0.05) is 22.3 Å². The molecule has 13 nitrogen and oxygen atoms in total. The minimum atomic E-state index is -1.53. The van der Waals surface area contributed by atoms with E-state index < -0.39 is 68.3 Å². The van der Waals surface area contributed by atoms with Crippen molar-refractivity contribution in [2.45, 2.75) is 124 Å². The SMILES string of the molecule is C=C(C)C(=O)OCC(COC(=O)C(=C)C)(COC(=O)C(=C)C)COc1c(CCCOC(=O)C(=C)CO)cc(-c2ccc(-c3ccc(C4CCC(CCCCC)CC4)cc3F)cc2CC)cc1CCCOC(=O)C(=C)CO. The van der Waals surface area contributed by atoms with Gasteiger partial charge in [0.25, 0.3) is 0 Å². The van der Waals surface area contributed by atoms with E-state index in [1.54, 1.807) is 6.07 Å². The van der Waals surface area contributed by atoms with Crippen molar-refractivity contribution >= 4 is 29.8 Å². The standard InChI is InChI=1S/C62H79FO13/c1-11-13-14-17-45-20-22-47(23-21-45)48-24-27-54(55(63)33-48)49-25-26-53(46(12-2)30-49)52-31-50(18-15-28-71-60(69)43(9)34-64)56(51(32-52)19-16-29-72-61(70)44(10)35-65)73-36-62(37-74-57(66)40(3)4,38-75-58(67)41(5)6)39-76-59(68)42(7)8/h24-27,30-33,45,47,64-65H,3,5,7,9-23,28-29,34-39H2,1-2,4,6,8H3. The summed E-state index contributed by atoms with van der Waals surface area (Å²) in [5.41, 5.74) is 4.58. The van der Waals surface area contributed by atoms with Crippen molar-refractivity contribution in [3.63, 3.8) is 0 Å². The molecule has 0 aromatic heterocycles. The van der Waals surface area contributed by atoms with Crippen LogP contribution >= 0.6 is 0 Å². The van der Waals surface area contributed by atoms with Crippen LogP contribution < -0.4 is 4.74 Å². The van der Waals surface area contributed by atoms with Gasteiger partial charge in [-0.3, -0.25) is 0 Å². The Morgan fingerprint density at radius 3 is 1.51 bits per heavy atom. The molecule has 3 aromatic carbocycles. The summed E-state index contributed by atoms with van der Waals surface area (Å²) in [6.45, 7) is 23.8. The average Bonchev–Trinajstić information content (AvgIpc) is 3.41. The maximum atomic E-state index is 16.2. The number of esters is 5. The highest BCUT2D eigenvalue weighted by atomic mass is 19.1. The molecule has 2 N–H and O–H groups in total. The zero-order chi connectivity index (χ0) is 56.0. The summed E-state index contributed by atoms with van der Waals surface area (Å²) in [6, 6.07) is 15.4. The molecule has 0 atom stereocenters. The summed E-state index contributed by atoms with van der Waals surface area (Å²) in [7, 11) is 0. The van der Waals surface area contributed by atoms with Crippen LogP contribution in [0.5, 0.6) is 5.75 Å². The van der Waals surface area contributed by atoms with Crippen LogP contribution in [0.15, 0.2) is 109 Å². The predicted molar refractivity (Wildman–Crippen MR) is 292 cm³/mol. The number of hydrogen-bond acceptors (Lipinski definition) is 13. The number of benzene rings is 3. The first-order valence-corrected chi connectivity index (χ1v) is 26.4. The molecule has 0 amide bonds. The van der Waals surface area contributed by atoms with Crippen molar-refractivity contribution in [1.82, 2.24) is 0 Å². The largest absolute Gasteiger partial charge is 0.492 e. The van der Waals surface area contributed by atoms with Crippen molar-refractivity contribution in [1.29, 1.82) is 0 Å². The average molecular weight is 1050 g/mol. The molecular formula is C62H79FO13. The van der Waals surface area contributed by atoms with E-state index in [-0.39, 0.29) is 79.2 Å². The van der Waals surface area contributed by atoms with E-state index in [0.29, 0.717) is 34.8 Å². The molecule has 14 heteroatoms. The molecule has 0 saturated heterocycles. The molecule has 1 aliphatic rings. The molecule has 0 spiro atoms. The summed E-state index contributed by atoms with van der Waals surface area (Å²) in [5, 5.41) is 18.9. The third kappa shape index (κ3) is 18.6. The van der Waals surface area contributed by atoms with Gasteiger partial charge in [-0.2, -0.15) is 0 Å². The normalized spacial score (nSPS) is 14.2. The molecule has 1 saturated carbocycles. The van der Waals surface area contributed by atoms with Crippen molar-refractivity contribution in [3.8, 4) is 28.0 Å². The number of carbonyl (C=O) groups is 5. The lowest BCUT2D eigenvalue weighted by Gasteiger charge is -2.33. The highest BCUT2D eigenvalue weighted by molar-refractivity contribution is 5.89. The minimum Gasteiger partial charge on any atom is -0.492 e. The fourth-order valence-electron chi connectivity index (χ4n) is 8.98. The topological polar surface area (TPSA) is 181 Å². The lowest BCUT2D eigenvalue weighted by atomic mass is 9.77. The van der Waals surface area contributed by atoms with E-state index in [0.717, 1.165) is 46.6 Å². The molecule has 0 bridgehead atoms. The van der Waals surface area contributed by atoms with E-state index in [4.69, 9.17) is 28.4 Å². The third-order valence-corrected chi connectivity index (χ3v) is 13.6. The van der Waals surface area contributed by atoms with Crippen molar-refractivity contribution in [2.75, 3.05) is 52.9 Å². The Morgan fingerprint density at radius 2 is 1.07 bits per heavy atom. The Bertz CT molecular complexity index is 2450. The molecule has 412 valence electrons. The zero-order valence-corrected chi connectivity index (χ0v) is 45.4. The molecule has 3 aromatic rings. The van der Waals surface area contributed by atoms with Crippen LogP contribution in [0, 0.1) is 17.2 Å². The summed E-state index contributed by atoms with van der Waals surface area (Å²) >= 11 is 0. The second kappa shape index (κ2) is 30.8. The monoisotopic (exact) mass is 1050 g/mol. The number of unbranched alkanes of at least 4 members (excludes halogenated alkanes) is 2. The molecule has 1 fully saturated rings. The number of ether oxygens (including phenoxy) is 6. The zero-order valence-electron chi connectivity index (χ0n) is 45.4. The van der Waals surface area contributed by atoms with Gasteiger partial charge in [-0.1, -0.05) is 103 Å². The first-order chi connectivity index (χ1) is 36.3. The minimum absolute atomic E-state index is 0.0599. The van der Waals surface area contributed by atoms with Crippen LogP contribution in [-0.2, 0) is 66.9 Å². The summed E-state index contributed by atoms with van der Waals surface area (Å²) < 4.78 is 50.8. The number of hydrogen-bond donors (Lipinski definition) is 2. The molecule has 76 heavy (non-hydrogen) atoms. The quantitative estimate of drug-likeness (QED) is 0.0261. The maximum Gasteiger partial charge on any atom is 0.335 e. The second-order valence-corrected chi connectivity index (χ2v) is 20.2. The number of aliphatic hydroxyl groups excluding tert-OH is 2. The van der Waals surface area contributed by atoms with Gasteiger partial charge in [-0.15, -0.1) is 0 Å². The van der Waals surface area contributed by atoms with Gasteiger partial charge in [0.1, 0.15) is 43.4 Å². The Balaban J connectivity index is 1.84. The third-order valence-electron chi connectivity index (χ3n) is 13.6. The van der Waals surface area contributed by atoms with Crippen molar-refractivity contribution in [2.24, 2.45) is 11.3 Å². The van der Waals surface area contributed by atoms with Crippen LogP contribution in [0.2, 0.25) is 0 Å². The summed E-state index contributed by atoms with van der Waals surface area (Å²) in [6.07, 6.45) is 11.1. The Labute approximate surface area is 448 Å². The summed E-state index contributed by atoms with van der Waals surface area (Å²) in [5.74, 6) is -2.63. The molecule has 0 radical (unpaired) electrons. The smallest absolute Gasteiger partial charge is 0.335 e. The first kappa shape index (κ1) is 61.9. The summed E-state index contributed by atoms with van der Waals surface area (Å²) in [4.78, 5) is 63.7. The van der Waals surface area contributed by atoms with Gasteiger partial charge in [-0.05, 0) is 148 Å². The number of halogens is 1. The number of aliphatic hydroxyl groups is 2. The van der Waals surface area contributed by atoms with Crippen LogP contribution in [-0.4, -0.2) is 92.9 Å².